The highest BCUT2D eigenvalue weighted by Gasteiger charge is 2.22. The number of carbonyl (C=O) groups is 1. The molecular formula is C32H35N5O2. The summed E-state index contributed by atoms with van der Waals surface area (Å²) in [6, 6.07) is 21.6. The van der Waals surface area contributed by atoms with Crippen molar-refractivity contribution >= 4 is 28.3 Å². The molecule has 1 saturated heterocycles. The normalized spacial score (nSPS) is 14.1. The Balaban J connectivity index is 1.38. The van der Waals surface area contributed by atoms with E-state index in [4.69, 9.17) is 9.84 Å². The van der Waals surface area contributed by atoms with Crippen molar-refractivity contribution in [1.82, 2.24) is 14.7 Å². The molecule has 4 aromatic rings. The van der Waals surface area contributed by atoms with Crippen LogP contribution in [0.15, 0.2) is 66.7 Å². The number of aromatic nitrogens is 2. The lowest BCUT2D eigenvalue weighted by Crippen LogP contribution is -2.36. The van der Waals surface area contributed by atoms with E-state index in [0.29, 0.717) is 12.4 Å². The first-order valence-electron chi connectivity index (χ1n) is 13.3. The van der Waals surface area contributed by atoms with Gasteiger partial charge in [0.1, 0.15) is 5.82 Å². The third-order valence-corrected chi connectivity index (χ3v) is 6.80. The maximum absolute atomic E-state index is 13.2. The average Bonchev–Trinajstić information content (AvgIpc) is 3.35. The lowest BCUT2D eigenvalue weighted by atomic mass is 9.92. The molecule has 0 spiro atoms. The highest BCUT2D eigenvalue weighted by Crippen LogP contribution is 2.28. The number of carbonyl (C=O) groups excluding carboxylic acids is 1. The smallest absolute Gasteiger partial charge is 0.324 e. The summed E-state index contributed by atoms with van der Waals surface area (Å²) >= 11 is 0. The third kappa shape index (κ3) is 6.31. The monoisotopic (exact) mass is 521 g/mol. The molecule has 7 heteroatoms. The standard InChI is InChI=1S/C32H35N5O2/c1-23-11-14-25(15-12-23)37-30(22-29(35-37)32(2,3)4)34-31(38)33-28-16-13-24(26-9-5-6-10-27(26)28)8-7-17-36-18-20-39-21-19-36/h5-6,9-16,22H,17-21H2,1-4H3,(H2,33,34,38). The van der Waals surface area contributed by atoms with Crippen LogP contribution in [-0.2, 0) is 10.2 Å². The quantitative estimate of drug-likeness (QED) is 0.325. The van der Waals surface area contributed by atoms with E-state index < -0.39 is 0 Å². The molecule has 2 amide bonds. The summed E-state index contributed by atoms with van der Waals surface area (Å²) in [7, 11) is 0. The first-order chi connectivity index (χ1) is 18.8. The number of fused-ring (bicyclic) bond motifs is 1. The Morgan fingerprint density at radius 3 is 2.41 bits per heavy atom. The van der Waals surface area contributed by atoms with Gasteiger partial charge >= 0.3 is 6.03 Å². The second-order valence-corrected chi connectivity index (χ2v) is 10.9. The topological polar surface area (TPSA) is 71.4 Å². The van der Waals surface area contributed by atoms with Gasteiger partial charge in [-0.3, -0.25) is 10.2 Å². The number of amides is 2. The van der Waals surface area contributed by atoms with Crippen molar-refractivity contribution < 1.29 is 9.53 Å². The molecule has 3 aromatic carbocycles. The van der Waals surface area contributed by atoms with Gasteiger partial charge in [0.2, 0.25) is 0 Å². The number of urea groups is 1. The second kappa shape index (κ2) is 11.3. The number of aryl methyl sites for hydroxylation is 1. The van der Waals surface area contributed by atoms with Crippen LogP contribution in [0.3, 0.4) is 0 Å². The van der Waals surface area contributed by atoms with Crippen molar-refractivity contribution in [1.29, 1.82) is 0 Å². The molecule has 2 heterocycles. The molecule has 0 atom stereocenters. The van der Waals surface area contributed by atoms with Crippen LogP contribution in [0.4, 0.5) is 16.3 Å². The van der Waals surface area contributed by atoms with Crippen LogP contribution in [-0.4, -0.2) is 53.6 Å². The van der Waals surface area contributed by atoms with Crippen molar-refractivity contribution in [2.24, 2.45) is 0 Å². The number of benzene rings is 3. The minimum absolute atomic E-state index is 0.169. The van der Waals surface area contributed by atoms with Gasteiger partial charge in [-0.25, -0.2) is 9.48 Å². The van der Waals surface area contributed by atoms with Crippen LogP contribution in [0.25, 0.3) is 16.5 Å². The van der Waals surface area contributed by atoms with E-state index in [2.05, 4.69) is 48.1 Å². The first-order valence-corrected chi connectivity index (χ1v) is 13.3. The zero-order chi connectivity index (χ0) is 27.4. The number of hydrogen-bond donors (Lipinski definition) is 2. The van der Waals surface area contributed by atoms with Crippen LogP contribution in [0.2, 0.25) is 0 Å². The Bertz CT molecular complexity index is 1530. The number of hydrogen-bond acceptors (Lipinski definition) is 4. The van der Waals surface area contributed by atoms with Crippen LogP contribution in [0, 0.1) is 18.8 Å². The van der Waals surface area contributed by atoms with Gasteiger partial charge in [0.15, 0.2) is 0 Å². The van der Waals surface area contributed by atoms with Crippen LogP contribution in [0.5, 0.6) is 0 Å². The minimum atomic E-state index is -0.333. The lowest BCUT2D eigenvalue weighted by Gasteiger charge is -2.24. The van der Waals surface area contributed by atoms with Crippen molar-refractivity contribution in [3.8, 4) is 17.5 Å². The molecule has 200 valence electrons. The number of anilines is 2. The van der Waals surface area contributed by atoms with Gasteiger partial charge in [-0.15, -0.1) is 0 Å². The predicted octanol–water partition coefficient (Wildman–Crippen LogP) is 5.96. The van der Waals surface area contributed by atoms with Crippen LogP contribution in [0.1, 0.15) is 37.6 Å². The van der Waals surface area contributed by atoms with Crippen molar-refractivity contribution in [2.45, 2.75) is 33.1 Å². The predicted molar refractivity (Wildman–Crippen MR) is 158 cm³/mol. The Labute approximate surface area is 230 Å². The van der Waals surface area contributed by atoms with E-state index in [1.54, 1.807) is 4.68 Å². The molecule has 0 saturated carbocycles. The highest BCUT2D eigenvalue weighted by molar-refractivity contribution is 6.07. The first kappa shape index (κ1) is 26.5. The number of nitrogens with one attached hydrogen (secondary N) is 2. The van der Waals surface area contributed by atoms with Gasteiger partial charge in [0.25, 0.3) is 0 Å². The maximum Gasteiger partial charge on any atom is 0.324 e. The fraction of sp³-hybridized carbons (Fsp3) is 0.312. The molecule has 0 radical (unpaired) electrons. The minimum Gasteiger partial charge on any atom is -0.379 e. The molecule has 5 rings (SSSR count). The fourth-order valence-corrected chi connectivity index (χ4v) is 4.51. The average molecular weight is 522 g/mol. The lowest BCUT2D eigenvalue weighted by molar-refractivity contribution is 0.0443. The second-order valence-electron chi connectivity index (χ2n) is 10.9. The molecule has 2 N–H and O–H groups in total. The number of nitrogens with zero attached hydrogens (tertiary/aromatic N) is 3. The SMILES string of the molecule is Cc1ccc(-n2nc(C(C)(C)C)cc2NC(=O)Nc2ccc(C#CCN3CCOCC3)c3ccccc23)cc1. The zero-order valence-electron chi connectivity index (χ0n) is 23.0. The number of morpholine rings is 1. The third-order valence-electron chi connectivity index (χ3n) is 6.80. The maximum atomic E-state index is 13.2. The van der Waals surface area contributed by atoms with Crippen LogP contribution < -0.4 is 10.6 Å². The van der Waals surface area contributed by atoms with Crippen molar-refractivity contribution in [2.75, 3.05) is 43.5 Å². The molecular weight excluding hydrogens is 486 g/mol. The summed E-state index contributed by atoms with van der Waals surface area (Å²) in [5.74, 6) is 7.24. The molecule has 0 aliphatic carbocycles. The summed E-state index contributed by atoms with van der Waals surface area (Å²) in [6.07, 6.45) is 0. The Kier molecular flexibility index (Phi) is 7.69. The summed E-state index contributed by atoms with van der Waals surface area (Å²) < 4.78 is 7.20. The Hall–Kier alpha value is -4.12. The summed E-state index contributed by atoms with van der Waals surface area (Å²) in [6.45, 7) is 12.4. The van der Waals surface area contributed by atoms with Gasteiger partial charge in [0, 0.05) is 35.5 Å². The largest absolute Gasteiger partial charge is 0.379 e. The van der Waals surface area contributed by atoms with Crippen molar-refractivity contribution in [3.05, 3.63) is 83.6 Å². The van der Waals surface area contributed by atoms with E-state index in [1.807, 2.05) is 73.7 Å². The molecule has 7 nitrogen and oxygen atoms in total. The Morgan fingerprint density at radius 2 is 1.69 bits per heavy atom. The van der Waals surface area contributed by atoms with Gasteiger partial charge < -0.3 is 10.1 Å². The van der Waals surface area contributed by atoms with Gasteiger partial charge in [-0.05, 0) is 36.6 Å². The molecule has 1 aliphatic heterocycles. The van der Waals surface area contributed by atoms with Crippen molar-refractivity contribution in [3.63, 3.8) is 0 Å². The van der Waals surface area contributed by atoms with E-state index in [0.717, 1.165) is 65.3 Å². The van der Waals surface area contributed by atoms with E-state index in [-0.39, 0.29) is 11.4 Å². The van der Waals surface area contributed by atoms with Gasteiger partial charge in [-0.1, -0.05) is 74.6 Å². The number of rotatable bonds is 4. The molecule has 0 unspecified atom stereocenters. The zero-order valence-corrected chi connectivity index (χ0v) is 23.0. The molecule has 0 bridgehead atoms. The summed E-state index contributed by atoms with van der Waals surface area (Å²) in [5, 5.41) is 12.8. The highest BCUT2D eigenvalue weighted by atomic mass is 16.5. The molecule has 1 aliphatic rings. The van der Waals surface area contributed by atoms with E-state index in [1.165, 1.54) is 0 Å². The molecule has 1 aromatic heterocycles. The summed E-state index contributed by atoms with van der Waals surface area (Å²) in [4.78, 5) is 15.5. The molecule has 39 heavy (non-hydrogen) atoms. The van der Waals surface area contributed by atoms with Crippen LogP contribution >= 0.6 is 0 Å². The Morgan fingerprint density at radius 1 is 0.974 bits per heavy atom. The molecule has 1 fully saturated rings. The van der Waals surface area contributed by atoms with Gasteiger partial charge in [0.05, 0.1) is 36.8 Å². The van der Waals surface area contributed by atoms with E-state index in [9.17, 15) is 4.79 Å². The fourth-order valence-electron chi connectivity index (χ4n) is 4.51. The summed E-state index contributed by atoms with van der Waals surface area (Å²) in [5.41, 5.74) is 4.44. The van der Waals surface area contributed by atoms with E-state index >= 15 is 0 Å². The van der Waals surface area contributed by atoms with Gasteiger partial charge in [-0.2, -0.15) is 5.10 Å². The number of ether oxygens (including phenoxy) is 1.